The first-order valence-electron chi connectivity index (χ1n) is 11.2. The molecule has 3 aromatic rings. The summed E-state index contributed by atoms with van der Waals surface area (Å²) in [5.74, 6) is -0.0731. The van der Waals surface area contributed by atoms with Gasteiger partial charge in [0.1, 0.15) is 17.2 Å². The lowest BCUT2D eigenvalue weighted by Crippen LogP contribution is -2.36. The molecule has 11 heteroatoms. The van der Waals surface area contributed by atoms with E-state index in [9.17, 15) is 18.0 Å². The molecule has 0 aliphatic heterocycles. The molecule has 0 unspecified atom stereocenters. The van der Waals surface area contributed by atoms with E-state index in [0.717, 1.165) is 17.5 Å². The van der Waals surface area contributed by atoms with Crippen molar-refractivity contribution >= 4 is 22.0 Å². The molecule has 36 heavy (non-hydrogen) atoms. The maximum absolute atomic E-state index is 13.6. The average molecular weight is 515 g/mol. The molecule has 2 amide bonds. The Labute approximate surface area is 210 Å². The molecular weight excluding hydrogens is 484 g/mol. The molecule has 0 aliphatic carbocycles. The fourth-order valence-corrected chi connectivity index (χ4v) is 4.19. The van der Waals surface area contributed by atoms with Gasteiger partial charge in [-0.05, 0) is 49.6 Å². The third-order valence-corrected chi connectivity index (χ3v) is 6.08. The summed E-state index contributed by atoms with van der Waals surface area (Å²) in [6.07, 6.45) is 1.48. The summed E-state index contributed by atoms with van der Waals surface area (Å²) in [6.45, 7) is 2.44. The van der Waals surface area contributed by atoms with E-state index in [-0.39, 0.29) is 18.1 Å². The number of nitrogens with zero attached hydrogens (tertiary/aromatic N) is 1. The lowest BCUT2D eigenvalue weighted by molar-refractivity contribution is 0.0738. The number of carbonyl (C=O) groups is 2. The Kier molecular flexibility index (Phi) is 8.73. The summed E-state index contributed by atoms with van der Waals surface area (Å²) in [5.41, 5.74) is 2.89. The molecule has 3 rings (SSSR count). The molecule has 0 aliphatic rings. The summed E-state index contributed by atoms with van der Waals surface area (Å²) < 4.78 is 34.9. The quantitative estimate of drug-likeness (QED) is 0.359. The molecule has 10 nitrogen and oxygen atoms in total. The van der Waals surface area contributed by atoms with Gasteiger partial charge in [0.25, 0.3) is 22.0 Å². The van der Waals surface area contributed by atoms with Crippen LogP contribution in [0.2, 0.25) is 0 Å². The molecule has 2 aromatic carbocycles. The Bertz CT molecular complexity index is 1300. The van der Waals surface area contributed by atoms with Crippen molar-refractivity contribution in [2.45, 2.75) is 26.3 Å². The van der Waals surface area contributed by atoms with Gasteiger partial charge < -0.3 is 19.4 Å². The van der Waals surface area contributed by atoms with E-state index in [4.69, 9.17) is 14.6 Å². The Hall–Kier alpha value is -3.83. The third-order valence-electron chi connectivity index (χ3n) is 5.61. The summed E-state index contributed by atoms with van der Waals surface area (Å²) in [5, 5.41) is 4.88. The van der Waals surface area contributed by atoms with E-state index < -0.39 is 16.1 Å². The summed E-state index contributed by atoms with van der Waals surface area (Å²) in [4.78, 5) is 30.2. The number of amides is 2. The van der Waals surface area contributed by atoms with Crippen molar-refractivity contribution in [3.8, 4) is 11.5 Å². The van der Waals surface area contributed by atoms with E-state index >= 15 is 0 Å². The zero-order valence-corrected chi connectivity index (χ0v) is 21.2. The summed E-state index contributed by atoms with van der Waals surface area (Å²) >= 11 is 0. The first-order chi connectivity index (χ1) is 17.1. The minimum atomic E-state index is -4.20. The fraction of sp³-hybridized carbons (Fsp3) is 0.280. The summed E-state index contributed by atoms with van der Waals surface area (Å²) in [6, 6.07) is 16.3. The number of benzene rings is 2. The number of nitrogens with two attached hydrogens (primary N) is 1. The number of aromatic nitrogens is 1. The molecule has 0 radical (unpaired) electrons. The molecule has 0 atom stereocenters. The summed E-state index contributed by atoms with van der Waals surface area (Å²) in [7, 11) is -1.14. The van der Waals surface area contributed by atoms with Crippen LogP contribution in [0.25, 0.3) is 0 Å². The molecule has 0 saturated carbocycles. The molecule has 0 fully saturated rings. The van der Waals surface area contributed by atoms with Gasteiger partial charge in [-0.1, -0.05) is 30.3 Å². The molecule has 0 bridgehead atoms. The normalized spacial score (nSPS) is 11.1. The Balaban J connectivity index is 1.84. The van der Waals surface area contributed by atoms with Crippen LogP contribution in [0.4, 0.5) is 0 Å². The third kappa shape index (κ3) is 7.09. The van der Waals surface area contributed by atoms with Crippen molar-refractivity contribution < 1.29 is 27.5 Å². The van der Waals surface area contributed by atoms with E-state index in [1.165, 1.54) is 20.3 Å². The van der Waals surface area contributed by atoms with Gasteiger partial charge in [0.2, 0.25) is 0 Å². The minimum Gasteiger partial charge on any atom is -0.496 e. The second kappa shape index (κ2) is 11.7. The van der Waals surface area contributed by atoms with Crippen molar-refractivity contribution in [2.24, 2.45) is 5.14 Å². The van der Waals surface area contributed by atoms with Gasteiger partial charge in [0, 0.05) is 23.4 Å². The van der Waals surface area contributed by atoms with Gasteiger partial charge >= 0.3 is 0 Å². The van der Waals surface area contributed by atoms with Crippen LogP contribution >= 0.6 is 0 Å². The van der Waals surface area contributed by atoms with Crippen molar-refractivity contribution in [1.29, 1.82) is 0 Å². The van der Waals surface area contributed by atoms with E-state index in [1.807, 2.05) is 37.3 Å². The van der Waals surface area contributed by atoms with Crippen LogP contribution in [0.5, 0.6) is 11.5 Å². The van der Waals surface area contributed by atoms with Gasteiger partial charge in [-0.25, -0.2) is 9.86 Å². The molecule has 192 valence electrons. The SMILES string of the molecule is COc1cc(C(=O)N(CCCc2ccccc2)Cc2ccc(C(=O)NS(N)(=O)=O)[nH]2)cc(OC)c1C. The van der Waals surface area contributed by atoms with Crippen LogP contribution in [0.1, 0.15) is 44.1 Å². The lowest BCUT2D eigenvalue weighted by Gasteiger charge is -2.23. The number of carbonyl (C=O) groups excluding carboxylic acids is 2. The standard InChI is InChI=1S/C25H30N4O6S/c1-17-22(34-2)14-19(15-23(17)35-3)25(31)29(13-7-10-18-8-5-4-6-9-18)16-20-11-12-21(27-20)24(30)28-36(26,32)33/h4-6,8-9,11-12,14-15,27H,7,10,13,16H2,1-3H3,(H,28,30)(H2,26,32,33). The number of rotatable bonds is 11. The van der Waals surface area contributed by atoms with Crippen LogP contribution in [-0.4, -0.2) is 50.9 Å². The van der Waals surface area contributed by atoms with Gasteiger partial charge in [0.05, 0.1) is 20.8 Å². The molecular formula is C25H30N4O6S. The highest BCUT2D eigenvalue weighted by molar-refractivity contribution is 7.87. The highest BCUT2D eigenvalue weighted by Crippen LogP contribution is 2.30. The largest absolute Gasteiger partial charge is 0.496 e. The van der Waals surface area contributed by atoms with E-state index in [2.05, 4.69) is 4.98 Å². The Morgan fingerprint density at radius 1 is 1.03 bits per heavy atom. The smallest absolute Gasteiger partial charge is 0.299 e. The number of aromatic amines is 1. The van der Waals surface area contributed by atoms with Crippen LogP contribution < -0.4 is 19.3 Å². The fourth-order valence-electron chi connectivity index (χ4n) is 3.82. The number of ether oxygens (including phenoxy) is 2. The monoisotopic (exact) mass is 514 g/mol. The highest BCUT2D eigenvalue weighted by atomic mass is 32.2. The van der Waals surface area contributed by atoms with Crippen molar-refractivity contribution in [3.05, 3.63) is 82.7 Å². The van der Waals surface area contributed by atoms with Crippen molar-refractivity contribution in [1.82, 2.24) is 14.6 Å². The highest BCUT2D eigenvalue weighted by Gasteiger charge is 2.21. The maximum Gasteiger partial charge on any atom is 0.299 e. The van der Waals surface area contributed by atoms with Crippen LogP contribution in [-0.2, 0) is 23.2 Å². The topological polar surface area (TPSA) is 144 Å². The molecule has 4 N–H and O–H groups in total. The first kappa shape index (κ1) is 26.8. The van der Waals surface area contributed by atoms with Gasteiger partial charge in [-0.3, -0.25) is 9.59 Å². The molecule has 1 heterocycles. The second-order valence-corrected chi connectivity index (χ2v) is 9.49. The second-order valence-electron chi connectivity index (χ2n) is 8.20. The van der Waals surface area contributed by atoms with Crippen molar-refractivity contribution in [3.63, 3.8) is 0 Å². The molecule has 0 spiro atoms. The van der Waals surface area contributed by atoms with Crippen molar-refractivity contribution in [2.75, 3.05) is 20.8 Å². The Morgan fingerprint density at radius 3 is 2.25 bits per heavy atom. The van der Waals surface area contributed by atoms with Crippen LogP contribution in [0.15, 0.2) is 54.6 Å². The molecule has 1 aromatic heterocycles. The zero-order valence-electron chi connectivity index (χ0n) is 20.4. The van der Waals surface area contributed by atoms with E-state index in [1.54, 1.807) is 27.8 Å². The number of aryl methyl sites for hydroxylation is 1. The molecule has 0 saturated heterocycles. The van der Waals surface area contributed by atoms with Gasteiger partial charge in [-0.15, -0.1) is 0 Å². The first-order valence-corrected chi connectivity index (χ1v) is 12.7. The van der Waals surface area contributed by atoms with Crippen LogP contribution in [0.3, 0.4) is 0 Å². The number of H-pyrrole nitrogens is 1. The number of nitrogens with one attached hydrogen (secondary N) is 2. The predicted octanol–water partition coefficient (Wildman–Crippen LogP) is 2.55. The van der Waals surface area contributed by atoms with Gasteiger partial charge in [-0.2, -0.15) is 8.42 Å². The number of hydrogen-bond acceptors (Lipinski definition) is 6. The number of methoxy groups -OCH3 is 2. The number of hydrogen-bond donors (Lipinski definition) is 3. The average Bonchev–Trinajstić information content (AvgIpc) is 3.31. The Morgan fingerprint density at radius 2 is 1.67 bits per heavy atom. The maximum atomic E-state index is 13.6. The van der Waals surface area contributed by atoms with E-state index in [0.29, 0.717) is 35.7 Å². The lowest BCUT2D eigenvalue weighted by atomic mass is 10.1. The zero-order chi connectivity index (χ0) is 26.3. The minimum absolute atomic E-state index is 0.00869. The van der Waals surface area contributed by atoms with Crippen LogP contribution in [0, 0.1) is 6.92 Å². The van der Waals surface area contributed by atoms with Gasteiger partial charge in [0.15, 0.2) is 0 Å². The predicted molar refractivity (Wildman–Crippen MR) is 135 cm³/mol.